The fourth-order valence-electron chi connectivity index (χ4n) is 5.59. The molecule has 0 unspecified atom stereocenters. The zero-order valence-corrected chi connectivity index (χ0v) is 20.8. The number of hydrogen-bond acceptors (Lipinski definition) is 6. The lowest BCUT2D eigenvalue weighted by molar-refractivity contribution is 0.0618. The van der Waals surface area contributed by atoms with Crippen molar-refractivity contribution >= 4 is 16.8 Å². The van der Waals surface area contributed by atoms with Crippen molar-refractivity contribution in [2.45, 2.75) is 39.3 Å². The Morgan fingerprint density at radius 3 is 2.83 bits per heavy atom. The van der Waals surface area contributed by atoms with E-state index in [0.29, 0.717) is 23.1 Å². The number of nitrogens with one attached hydrogen (secondary N) is 4. The summed E-state index contributed by atoms with van der Waals surface area (Å²) in [5.41, 5.74) is 6.63. The molecule has 0 saturated carbocycles. The number of nitrogens with zero attached hydrogens (tertiary/aromatic N) is 4. The first-order valence-electron chi connectivity index (χ1n) is 12.8. The third-order valence-corrected chi connectivity index (χ3v) is 7.78. The highest BCUT2D eigenvalue weighted by Gasteiger charge is 2.35. The maximum absolute atomic E-state index is 13.0. The summed E-state index contributed by atoms with van der Waals surface area (Å²) in [6, 6.07) is 6.44. The van der Waals surface area contributed by atoms with Gasteiger partial charge in [0.25, 0.3) is 5.91 Å². The molecule has 4 aromatic rings. The Balaban J connectivity index is 1.26. The van der Waals surface area contributed by atoms with Crippen LogP contribution < -0.4 is 10.6 Å². The Morgan fingerprint density at radius 2 is 2.06 bits per heavy atom. The van der Waals surface area contributed by atoms with Crippen LogP contribution in [-0.4, -0.2) is 68.2 Å². The minimum atomic E-state index is -0.104. The van der Waals surface area contributed by atoms with E-state index in [2.05, 4.69) is 66.7 Å². The van der Waals surface area contributed by atoms with Crippen LogP contribution >= 0.6 is 0 Å². The molecular weight excluding hydrogens is 452 g/mol. The molecule has 6 heterocycles. The highest BCUT2D eigenvalue weighted by atomic mass is 16.2. The number of carbonyl (C=O) groups is 1. The van der Waals surface area contributed by atoms with Gasteiger partial charge in [0, 0.05) is 42.5 Å². The molecule has 9 nitrogen and oxygen atoms in total. The number of aromatic amines is 2. The molecular formula is C27H32N8O. The molecule has 2 bridgehead atoms. The monoisotopic (exact) mass is 484 g/mol. The van der Waals surface area contributed by atoms with Crippen molar-refractivity contribution in [3.8, 4) is 22.6 Å². The van der Waals surface area contributed by atoms with Crippen LogP contribution in [0.25, 0.3) is 33.5 Å². The molecule has 3 aliphatic heterocycles. The number of fused-ring (bicyclic) bond motifs is 4. The Bertz CT molecular complexity index is 1400. The molecule has 36 heavy (non-hydrogen) atoms. The maximum Gasteiger partial charge on any atom is 0.269 e. The lowest BCUT2D eigenvalue weighted by atomic mass is 9.84. The molecule has 3 saturated heterocycles. The second kappa shape index (κ2) is 9.48. The van der Waals surface area contributed by atoms with Crippen molar-refractivity contribution in [1.82, 2.24) is 40.7 Å². The summed E-state index contributed by atoms with van der Waals surface area (Å²) < 4.78 is 0. The van der Waals surface area contributed by atoms with Gasteiger partial charge in [-0.15, -0.1) is 0 Å². The standard InChI is InChI=1S/C27H32N8O/c1-3-28-11-19-12-29-13-21(16(19)2)18-4-5-22-20(10-18)25(34-33-22)26-30-14-23(31-26)27(36)32-24-15-35-8-6-17(24)7-9-35/h4-5,10,12-14,17,24,28H,3,6-9,11,15H2,1-2H3,(H,30,31)(H,32,36)(H,33,34)/t24-/m1/s1. The van der Waals surface area contributed by atoms with E-state index < -0.39 is 0 Å². The minimum absolute atomic E-state index is 0.104. The van der Waals surface area contributed by atoms with E-state index in [0.717, 1.165) is 67.6 Å². The normalized spacial score (nSPS) is 21.2. The third-order valence-electron chi connectivity index (χ3n) is 7.78. The van der Waals surface area contributed by atoms with E-state index in [-0.39, 0.29) is 11.9 Å². The molecule has 0 aliphatic carbocycles. The van der Waals surface area contributed by atoms with E-state index >= 15 is 0 Å². The lowest BCUT2D eigenvalue weighted by Crippen LogP contribution is -2.57. The van der Waals surface area contributed by atoms with E-state index in [9.17, 15) is 4.79 Å². The molecule has 3 aliphatic rings. The van der Waals surface area contributed by atoms with E-state index in [1.54, 1.807) is 6.20 Å². The van der Waals surface area contributed by atoms with Crippen molar-refractivity contribution in [2.24, 2.45) is 5.92 Å². The van der Waals surface area contributed by atoms with Gasteiger partial charge in [0.05, 0.1) is 11.7 Å². The number of hydrogen-bond donors (Lipinski definition) is 4. The van der Waals surface area contributed by atoms with Gasteiger partial charge in [0.2, 0.25) is 0 Å². The first-order valence-corrected chi connectivity index (χ1v) is 12.8. The summed E-state index contributed by atoms with van der Waals surface area (Å²) in [6.07, 6.45) is 7.76. The molecule has 1 atom stereocenters. The van der Waals surface area contributed by atoms with Gasteiger partial charge in [0.15, 0.2) is 5.82 Å². The number of imidazole rings is 1. The molecule has 0 spiro atoms. The molecule has 1 amide bonds. The van der Waals surface area contributed by atoms with Crippen molar-refractivity contribution in [2.75, 3.05) is 26.2 Å². The largest absolute Gasteiger partial charge is 0.346 e. The number of amides is 1. The zero-order chi connectivity index (χ0) is 24.6. The van der Waals surface area contributed by atoms with E-state index in [1.807, 2.05) is 18.5 Å². The Morgan fingerprint density at radius 1 is 1.19 bits per heavy atom. The SMILES string of the molecule is CCNCc1cncc(-c2ccc3[nH]nc(-c4ncc(C(=O)N[C@@H]5CN6CCC5CC6)[nH]4)c3c2)c1C. The first-order chi connectivity index (χ1) is 17.6. The summed E-state index contributed by atoms with van der Waals surface area (Å²) >= 11 is 0. The quantitative estimate of drug-likeness (QED) is 0.320. The maximum atomic E-state index is 13.0. The van der Waals surface area contributed by atoms with Crippen LogP contribution in [0, 0.1) is 12.8 Å². The molecule has 1 aromatic carbocycles. The van der Waals surface area contributed by atoms with Crippen LogP contribution in [0.1, 0.15) is 41.4 Å². The van der Waals surface area contributed by atoms with Crippen LogP contribution in [0.2, 0.25) is 0 Å². The minimum Gasteiger partial charge on any atom is -0.346 e. The van der Waals surface area contributed by atoms with Gasteiger partial charge < -0.3 is 20.5 Å². The number of H-pyrrole nitrogens is 2. The Hall–Kier alpha value is -3.56. The van der Waals surface area contributed by atoms with Gasteiger partial charge in [-0.25, -0.2) is 4.98 Å². The molecule has 3 fully saturated rings. The lowest BCUT2D eigenvalue weighted by Gasteiger charge is -2.44. The van der Waals surface area contributed by atoms with Crippen molar-refractivity contribution < 1.29 is 4.79 Å². The van der Waals surface area contributed by atoms with Gasteiger partial charge in [-0.05, 0) is 74.1 Å². The molecule has 9 heteroatoms. The summed E-state index contributed by atoms with van der Waals surface area (Å²) in [5.74, 6) is 1.05. The van der Waals surface area contributed by atoms with Crippen molar-refractivity contribution in [3.05, 3.63) is 53.6 Å². The van der Waals surface area contributed by atoms with Crippen LogP contribution in [0.5, 0.6) is 0 Å². The second-order valence-electron chi connectivity index (χ2n) is 9.95. The first kappa shape index (κ1) is 22.9. The molecule has 7 rings (SSSR count). The Labute approximate surface area is 210 Å². The van der Waals surface area contributed by atoms with E-state index in [4.69, 9.17) is 0 Å². The van der Waals surface area contributed by atoms with Gasteiger partial charge in [-0.1, -0.05) is 13.0 Å². The van der Waals surface area contributed by atoms with Crippen LogP contribution in [-0.2, 0) is 6.54 Å². The summed E-state index contributed by atoms with van der Waals surface area (Å²) in [6.45, 7) is 9.17. The predicted molar refractivity (Wildman–Crippen MR) is 139 cm³/mol. The average Bonchev–Trinajstić information content (AvgIpc) is 3.56. The molecule has 4 N–H and O–H groups in total. The van der Waals surface area contributed by atoms with Crippen molar-refractivity contribution in [3.63, 3.8) is 0 Å². The van der Waals surface area contributed by atoms with Gasteiger partial charge in [0.1, 0.15) is 11.4 Å². The Kier molecular flexibility index (Phi) is 6.02. The van der Waals surface area contributed by atoms with Gasteiger partial charge >= 0.3 is 0 Å². The van der Waals surface area contributed by atoms with E-state index in [1.165, 1.54) is 11.1 Å². The fraction of sp³-hybridized carbons (Fsp3) is 0.407. The highest BCUT2D eigenvalue weighted by Crippen LogP contribution is 2.32. The van der Waals surface area contributed by atoms with Crippen LogP contribution in [0.3, 0.4) is 0 Å². The fourth-order valence-corrected chi connectivity index (χ4v) is 5.59. The number of piperidine rings is 3. The number of rotatable bonds is 7. The second-order valence-corrected chi connectivity index (χ2v) is 9.95. The number of benzene rings is 1. The highest BCUT2D eigenvalue weighted by molar-refractivity contribution is 5.96. The van der Waals surface area contributed by atoms with Crippen LogP contribution in [0.15, 0.2) is 36.8 Å². The van der Waals surface area contributed by atoms with Crippen molar-refractivity contribution in [1.29, 1.82) is 0 Å². The molecule has 0 radical (unpaired) electrons. The average molecular weight is 485 g/mol. The molecule has 3 aromatic heterocycles. The predicted octanol–water partition coefficient (Wildman–Crippen LogP) is 3.26. The summed E-state index contributed by atoms with van der Waals surface area (Å²) in [5, 5.41) is 15.2. The zero-order valence-electron chi connectivity index (χ0n) is 20.8. The van der Waals surface area contributed by atoms with Gasteiger partial charge in [-0.2, -0.15) is 5.10 Å². The van der Waals surface area contributed by atoms with Crippen LogP contribution in [0.4, 0.5) is 0 Å². The summed E-state index contributed by atoms with van der Waals surface area (Å²) in [4.78, 5) is 27.6. The number of carbonyl (C=O) groups excluding carboxylic acids is 1. The third kappa shape index (κ3) is 4.18. The smallest absolute Gasteiger partial charge is 0.269 e. The molecule has 186 valence electrons. The topological polar surface area (TPSA) is 115 Å². The number of aromatic nitrogens is 5. The summed E-state index contributed by atoms with van der Waals surface area (Å²) in [7, 11) is 0. The number of pyridine rings is 1. The van der Waals surface area contributed by atoms with Gasteiger partial charge in [-0.3, -0.25) is 14.9 Å².